The summed E-state index contributed by atoms with van der Waals surface area (Å²) in [7, 11) is -4.11. The second-order valence-electron chi connectivity index (χ2n) is 6.07. The highest BCUT2D eigenvalue weighted by molar-refractivity contribution is 7.89. The number of rotatable bonds is 5. The molecule has 0 unspecified atom stereocenters. The zero-order valence-electron chi connectivity index (χ0n) is 13.8. The molecule has 24 heavy (non-hydrogen) atoms. The van der Waals surface area contributed by atoms with E-state index in [1.807, 2.05) is 13.8 Å². The fourth-order valence-electron chi connectivity index (χ4n) is 2.64. The number of nitrogens with zero attached hydrogens (tertiary/aromatic N) is 1. The molecule has 2 rings (SSSR count). The minimum atomic E-state index is -4.11. The molecule has 0 aliphatic carbocycles. The third-order valence-corrected chi connectivity index (χ3v) is 6.25. The summed E-state index contributed by atoms with van der Waals surface area (Å²) in [5, 5.41) is 2.88. The van der Waals surface area contributed by atoms with Crippen LogP contribution in [0, 0.1) is 17.6 Å². The van der Waals surface area contributed by atoms with Crippen LogP contribution in [-0.4, -0.2) is 37.8 Å². The minimum Gasteiger partial charge on any atom is -0.353 e. The molecule has 1 atom stereocenters. The molecule has 0 spiro atoms. The third kappa shape index (κ3) is 4.10. The van der Waals surface area contributed by atoms with Gasteiger partial charge in [-0.1, -0.05) is 6.92 Å². The van der Waals surface area contributed by atoms with Crippen LogP contribution in [0.4, 0.5) is 8.78 Å². The number of piperidine rings is 1. The van der Waals surface area contributed by atoms with Crippen LogP contribution in [0.3, 0.4) is 0 Å². The Morgan fingerprint density at radius 3 is 2.54 bits per heavy atom. The molecule has 0 bridgehead atoms. The number of carbonyl (C=O) groups is 1. The van der Waals surface area contributed by atoms with Crippen molar-refractivity contribution in [3.63, 3.8) is 0 Å². The Morgan fingerprint density at radius 1 is 1.33 bits per heavy atom. The maximum atomic E-state index is 13.8. The zero-order chi connectivity index (χ0) is 17.9. The van der Waals surface area contributed by atoms with Crippen LogP contribution in [0.1, 0.15) is 33.1 Å². The lowest BCUT2D eigenvalue weighted by Gasteiger charge is -2.31. The lowest BCUT2D eigenvalue weighted by atomic mass is 9.97. The van der Waals surface area contributed by atoms with E-state index < -0.39 is 26.6 Å². The second kappa shape index (κ2) is 7.57. The van der Waals surface area contributed by atoms with E-state index in [0.29, 0.717) is 18.9 Å². The lowest BCUT2D eigenvalue weighted by molar-refractivity contribution is -0.126. The van der Waals surface area contributed by atoms with Gasteiger partial charge in [0.05, 0.1) is 0 Å². The van der Waals surface area contributed by atoms with Crippen LogP contribution >= 0.6 is 0 Å². The van der Waals surface area contributed by atoms with E-state index in [2.05, 4.69) is 5.32 Å². The van der Waals surface area contributed by atoms with Crippen LogP contribution in [-0.2, 0) is 14.8 Å². The first-order valence-corrected chi connectivity index (χ1v) is 9.45. The van der Waals surface area contributed by atoms with Crippen LogP contribution in [0.25, 0.3) is 0 Å². The van der Waals surface area contributed by atoms with E-state index in [1.54, 1.807) is 0 Å². The highest BCUT2D eigenvalue weighted by atomic mass is 32.2. The van der Waals surface area contributed by atoms with Gasteiger partial charge in [-0.15, -0.1) is 0 Å². The number of carbonyl (C=O) groups excluding carboxylic acids is 1. The van der Waals surface area contributed by atoms with Gasteiger partial charge in [0.1, 0.15) is 16.5 Å². The Morgan fingerprint density at radius 2 is 1.96 bits per heavy atom. The van der Waals surface area contributed by atoms with Gasteiger partial charge in [-0.3, -0.25) is 4.79 Å². The van der Waals surface area contributed by atoms with E-state index in [0.717, 1.165) is 22.9 Å². The number of nitrogens with one attached hydrogen (secondary N) is 1. The smallest absolute Gasteiger partial charge is 0.246 e. The van der Waals surface area contributed by atoms with Gasteiger partial charge >= 0.3 is 0 Å². The molecule has 1 N–H and O–H groups in total. The molecule has 134 valence electrons. The van der Waals surface area contributed by atoms with Crippen LogP contribution in [0.2, 0.25) is 0 Å². The number of amides is 1. The first-order valence-electron chi connectivity index (χ1n) is 8.01. The van der Waals surface area contributed by atoms with Gasteiger partial charge < -0.3 is 5.32 Å². The Bertz CT molecular complexity index is 701. The minimum absolute atomic E-state index is 0.0700. The summed E-state index contributed by atoms with van der Waals surface area (Å²) in [6.07, 6.45) is 1.54. The summed E-state index contributed by atoms with van der Waals surface area (Å²) in [5.41, 5.74) is 0. The fraction of sp³-hybridized carbons (Fsp3) is 0.562. The molecule has 1 aromatic rings. The van der Waals surface area contributed by atoms with Crippen LogP contribution < -0.4 is 5.32 Å². The molecule has 1 aliphatic heterocycles. The molecule has 1 aromatic carbocycles. The zero-order valence-corrected chi connectivity index (χ0v) is 14.6. The van der Waals surface area contributed by atoms with Crippen molar-refractivity contribution in [1.82, 2.24) is 9.62 Å². The van der Waals surface area contributed by atoms with Crippen molar-refractivity contribution in [3.05, 3.63) is 29.8 Å². The lowest BCUT2D eigenvalue weighted by Crippen LogP contribution is -2.44. The van der Waals surface area contributed by atoms with Crippen molar-refractivity contribution < 1.29 is 22.0 Å². The first-order chi connectivity index (χ1) is 11.3. The van der Waals surface area contributed by atoms with Crippen molar-refractivity contribution >= 4 is 15.9 Å². The molecule has 1 heterocycles. The highest BCUT2D eigenvalue weighted by Crippen LogP contribution is 2.26. The standard InChI is InChI=1S/C16H22F2N2O3S/c1-3-11(2)19-16(21)12-6-8-20(9-7-12)24(22,23)15-10-13(17)4-5-14(15)18/h4-5,10-12H,3,6-9H2,1-2H3,(H,19,21)/t11-/m0/s1. The van der Waals surface area contributed by atoms with Gasteiger partial charge in [-0.25, -0.2) is 17.2 Å². The summed E-state index contributed by atoms with van der Waals surface area (Å²) in [6.45, 7) is 4.09. The van der Waals surface area contributed by atoms with Gasteiger partial charge in [0.2, 0.25) is 15.9 Å². The molecule has 0 radical (unpaired) electrons. The molecule has 1 aliphatic rings. The van der Waals surface area contributed by atoms with Crippen molar-refractivity contribution in [3.8, 4) is 0 Å². The predicted molar refractivity (Wildman–Crippen MR) is 85.7 cm³/mol. The van der Waals surface area contributed by atoms with E-state index in [4.69, 9.17) is 0 Å². The monoisotopic (exact) mass is 360 g/mol. The molecule has 0 aromatic heterocycles. The molecule has 1 amide bonds. The van der Waals surface area contributed by atoms with E-state index >= 15 is 0 Å². The number of halogens is 2. The highest BCUT2D eigenvalue weighted by Gasteiger charge is 2.33. The SMILES string of the molecule is CC[C@H](C)NC(=O)C1CCN(S(=O)(=O)c2cc(F)ccc2F)CC1. The van der Waals surface area contributed by atoms with Crippen molar-refractivity contribution in [2.75, 3.05) is 13.1 Å². The second-order valence-corrected chi connectivity index (χ2v) is 7.98. The average molecular weight is 360 g/mol. The van der Waals surface area contributed by atoms with Crippen molar-refractivity contribution in [1.29, 1.82) is 0 Å². The average Bonchev–Trinajstić information content (AvgIpc) is 2.56. The fourth-order valence-corrected chi connectivity index (χ4v) is 4.18. The molecule has 5 nitrogen and oxygen atoms in total. The molecule has 0 saturated carbocycles. The number of benzene rings is 1. The van der Waals surface area contributed by atoms with E-state index in [9.17, 15) is 22.0 Å². The Hall–Kier alpha value is -1.54. The summed E-state index contributed by atoms with van der Waals surface area (Å²) in [6, 6.07) is 2.43. The van der Waals surface area contributed by atoms with Crippen molar-refractivity contribution in [2.45, 2.75) is 44.0 Å². The molecule has 1 fully saturated rings. The summed E-state index contributed by atoms with van der Waals surface area (Å²) >= 11 is 0. The molecular weight excluding hydrogens is 338 g/mol. The quantitative estimate of drug-likeness (QED) is 0.876. The number of hydrogen-bond donors (Lipinski definition) is 1. The Labute approximate surface area is 141 Å². The third-order valence-electron chi connectivity index (χ3n) is 4.34. The van der Waals surface area contributed by atoms with Crippen LogP contribution in [0.5, 0.6) is 0 Å². The van der Waals surface area contributed by atoms with Gasteiger partial charge in [-0.05, 0) is 44.4 Å². The summed E-state index contributed by atoms with van der Waals surface area (Å²) < 4.78 is 53.1. The van der Waals surface area contributed by atoms with Gasteiger partial charge in [0.25, 0.3) is 0 Å². The summed E-state index contributed by atoms with van der Waals surface area (Å²) in [4.78, 5) is 11.4. The van der Waals surface area contributed by atoms with Gasteiger partial charge in [0, 0.05) is 25.0 Å². The Kier molecular flexibility index (Phi) is 5.92. The van der Waals surface area contributed by atoms with E-state index in [1.165, 1.54) is 0 Å². The largest absolute Gasteiger partial charge is 0.353 e. The first kappa shape index (κ1) is 18.8. The summed E-state index contributed by atoms with van der Waals surface area (Å²) in [5.74, 6) is -2.13. The van der Waals surface area contributed by atoms with Gasteiger partial charge in [-0.2, -0.15) is 4.31 Å². The maximum absolute atomic E-state index is 13.8. The molecule has 1 saturated heterocycles. The molecular formula is C16H22F2N2O3S. The Balaban J connectivity index is 2.06. The van der Waals surface area contributed by atoms with Crippen molar-refractivity contribution in [2.24, 2.45) is 5.92 Å². The predicted octanol–water partition coefficient (Wildman–Crippen LogP) is 2.28. The van der Waals surface area contributed by atoms with E-state index in [-0.39, 0.29) is 31.0 Å². The number of hydrogen-bond acceptors (Lipinski definition) is 3. The maximum Gasteiger partial charge on any atom is 0.246 e. The van der Waals surface area contributed by atoms with Crippen LogP contribution in [0.15, 0.2) is 23.1 Å². The molecule has 8 heteroatoms. The van der Waals surface area contributed by atoms with Gasteiger partial charge in [0.15, 0.2) is 0 Å². The topological polar surface area (TPSA) is 66.5 Å². The normalized spacial score (nSPS) is 18.3. The number of sulfonamides is 1.